The highest BCUT2D eigenvalue weighted by Crippen LogP contribution is 2.25. The smallest absolute Gasteiger partial charge is 0.263 e. The SMILES string of the molecule is CCc1sc(C(=O)N2CCCN(c3nccs3)CC2)cc1C. The van der Waals surface area contributed by atoms with Crippen molar-refractivity contribution in [1.82, 2.24) is 9.88 Å². The van der Waals surface area contributed by atoms with Gasteiger partial charge in [0.05, 0.1) is 4.88 Å². The Morgan fingerprint density at radius 2 is 2.18 bits per heavy atom. The van der Waals surface area contributed by atoms with E-state index in [2.05, 4.69) is 29.8 Å². The number of carbonyl (C=O) groups excluding carboxylic acids is 1. The number of hydrogen-bond acceptors (Lipinski definition) is 5. The van der Waals surface area contributed by atoms with E-state index in [9.17, 15) is 4.79 Å². The van der Waals surface area contributed by atoms with E-state index < -0.39 is 0 Å². The van der Waals surface area contributed by atoms with Crippen molar-refractivity contribution in [1.29, 1.82) is 0 Å². The largest absolute Gasteiger partial charge is 0.346 e. The average molecular weight is 335 g/mol. The molecule has 0 bridgehead atoms. The van der Waals surface area contributed by atoms with Crippen LogP contribution in [0, 0.1) is 6.92 Å². The van der Waals surface area contributed by atoms with Gasteiger partial charge in [0.1, 0.15) is 0 Å². The monoisotopic (exact) mass is 335 g/mol. The van der Waals surface area contributed by atoms with Crippen LogP contribution in [0.3, 0.4) is 0 Å². The second-order valence-corrected chi connectivity index (χ2v) is 7.53. The number of hydrogen-bond donors (Lipinski definition) is 0. The summed E-state index contributed by atoms with van der Waals surface area (Å²) in [7, 11) is 0. The number of rotatable bonds is 3. The molecule has 0 radical (unpaired) electrons. The van der Waals surface area contributed by atoms with Crippen LogP contribution < -0.4 is 4.90 Å². The Kier molecular flexibility index (Phi) is 4.78. The summed E-state index contributed by atoms with van der Waals surface area (Å²) >= 11 is 3.32. The molecule has 0 spiro atoms. The van der Waals surface area contributed by atoms with Crippen molar-refractivity contribution >= 4 is 33.7 Å². The van der Waals surface area contributed by atoms with Crippen LogP contribution in [-0.2, 0) is 6.42 Å². The topological polar surface area (TPSA) is 36.4 Å². The third-order valence-corrected chi connectivity index (χ3v) is 6.23. The van der Waals surface area contributed by atoms with Crippen LogP contribution in [0.1, 0.15) is 33.5 Å². The molecule has 1 amide bonds. The highest BCUT2D eigenvalue weighted by atomic mass is 32.1. The van der Waals surface area contributed by atoms with E-state index in [0.29, 0.717) is 0 Å². The molecule has 2 aromatic heterocycles. The van der Waals surface area contributed by atoms with Crippen LogP contribution in [0.25, 0.3) is 0 Å². The molecule has 0 N–H and O–H groups in total. The molecule has 6 heteroatoms. The summed E-state index contributed by atoms with van der Waals surface area (Å²) in [6.45, 7) is 7.69. The Balaban J connectivity index is 1.68. The van der Waals surface area contributed by atoms with Crippen molar-refractivity contribution in [2.24, 2.45) is 0 Å². The van der Waals surface area contributed by atoms with E-state index in [1.54, 1.807) is 22.7 Å². The Morgan fingerprint density at radius 3 is 2.86 bits per heavy atom. The lowest BCUT2D eigenvalue weighted by Crippen LogP contribution is -2.34. The average Bonchev–Trinajstić information content (AvgIpc) is 3.11. The summed E-state index contributed by atoms with van der Waals surface area (Å²) in [6, 6.07) is 2.05. The van der Waals surface area contributed by atoms with Crippen LogP contribution in [0.4, 0.5) is 5.13 Å². The minimum absolute atomic E-state index is 0.189. The normalized spacial score (nSPS) is 15.9. The van der Waals surface area contributed by atoms with Crippen molar-refractivity contribution in [3.05, 3.63) is 33.0 Å². The number of nitrogens with zero attached hydrogens (tertiary/aromatic N) is 3. The van der Waals surface area contributed by atoms with Gasteiger partial charge in [0.25, 0.3) is 5.91 Å². The number of thiazole rings is 1. The first-order chi connectivity index (χ1) is 10.7. The molecule has 3 heterocycles. The first-order valence-corrected chi connectivity index (χ1v) is 9.41. The molecule has 4 nitrogen and oxygen atoms in total. The molecule has 22 heavy (non-hydrogen) atoms. The number of aromatic nitrogens is 1. The maximum atomic E-state index is 12.7. The Labute approximate surface area is 139 Å². The molecular formula is C16H21N3OS2. The molecule has 0 atom stereocenters. The predicted molar refractivity (Wildman–Crippen MR) is 93.3 cm³/mol. The Bertz CT molecular complexity index is 636. The second kappa shape index (κ2) is 6.79. The fraction of sp³-hybridized carbons (Fsp3) is 0.500. The van der Waals surface area contributed by atoms with Crippen molar-refractivity contribution < 1.29 is 4.79 Å². The molecule has 1 saturated heterocycles. The molecule has 0 saturated carbocycles. The van der Waals surface area contributed by atoms with Crippen LogP contribution >= 0.6 is 22.7 Å². The number of amides is 1. The minimum Gasteiger partial charge on any atom is -0.346 e. The quantitative estimate of drug-likeness (QED) is 0.862. The molecule has 1 aliphatic heterocycles. The van der Waals surface area contributed by atoms with Gasteiger partial charge in [-0.3, -0.25) is 4.79 Å². The summed E-state index contributed by atoms with van der Waals surface area (Å²) < 4.78 is 0. The van der Waals surface area contributed by atoms with Gasteiger partial charge in [0, 0.05) is 42.6 Å². The molecule has 118 valence electrons. The van der Waals surface area contributed by atoms with E-state index in [-0.39, 0.29) is 5.91 Å². The molecule has 0 aromatic carbocycles. The van der Waals surface area contributed by atoms with E-state index >= 15 is 0 Å². The molecular weight excluding hydrogens is 314 g/mol. The molecule has 0 aliphatic carbocycles. The number of aryl methyl sites for hydroxylation is 2. The maximum Gasteiger partial charge on any atom is 0.263 e. The van der Waals surface area contributed by atoms with Crippen LogP contribution in [0.15, 0.2) is 17.6 Å². The molecule has 3 rings (SSSR count). The standard InChI is InChI=1S/C16H21N3OS2/c1-3-13-12(2)11-14(22-13)15(20)18-6-4-7-19(9-8-18)16-17-5-10-21-16/h5,10-11H,3-4,6-9H2,1-2H3. The minimum atomic E-state index is 0.189. The van der Waals surface area contributed by atoms with E-state index in [0.717, 1.165) is 49.0 Å². The van der Waals surface area contributed by atoms with Gasteiger partial charge >= 0.3 is 0 Å². The van der Waals surface area contributed by atoms with Gasteiger partial charge < -0.3 is 9.80 Å². The first kappa shape index (κ1) is 15.5. The van der Waals surface area contributed by atoms with Crippen LogP contribution in [0.2, 0.25) is 0 Å². The zero-order chi connectivity index (χ0) is 15.5. The number of carbonyl (C=O) groups is 1. The predicted octanol–water partition coefficient (Wildman–Crippen LogP) is 3.43. The highest BCUT2D eigenvalue weighted by Gasteiger charge is 2.23. The fourth-order valence-corrected chi connectivity index (χ4v) is 4.59. The van der Waals surface area contributed by atoms with Gasteiger partial charge in [0.2, 0.25) is 0 Å². The molecule has 0 unspecified atom stereocenters. The van der Waals surface area contributed by atoms with Crippen molar-refractivity contribution in [3.63, 3.8) is 0 Å². The zero-order valence-corrected chi connectivity index (χ0v) is 14.7. The zero-order valence-electron chi connectivity index (χ0n) is 13.0. The third kappa shape index (κ3) is 3.17. The third-order valence-electron chi connectivity index (χ3n) is 4.03. The van der Waals surface area contributed by atoms with Crippen molar-refractivity contribution in [3.8, 4) is 0 Å². The molecule has 1 aliphatic rings. The summed E-state index contributed by atoms with van der Waals surface area (Å²) in [5, 5.41) is 3.07. The summed E-state index contributed by atoms with van der Waals surface area (Å²) in [5.74, 6) is 0.189. The lowest BCUT2D eigenvalue weighted by molar-refractivity contribution is 0.0772. The van der Waals surface area contributed by atoms with E-state index in [1.165, 1.54) is 10.4 Å². The van der Waals surface area contributed by atoms with Gasteiger partial charge in [-0.1, -0.05) is 6.92 Å². The first-order valence-electron chi connectivity index (χ1n) is 7.72. The Morgan fingerprint density at radius 1 is 1.32 bits per heavy atom. The van der Waals surface area contributed by atoms with Gasteiger partial charge in [-0.05, 0) is 31.4 Å². The van der Waals surface area contributed by atoms with Crippen LogP contribution in [-0.4, -0.2) is 42.0 Å². The number of thiophene rings is 1. The molecule has 1 fully saturated rings. The fourth-order valence-electron chi connectivity index (χ4n) is 2.82. The second-order valence-electron chi connectivity index (χ2n) is 5.52. The van der Waals surface area contributed by atoms with Gasteiger partial charge in [-0.15, -0.1) is 22.7 Å². The van der Waals surface area contributed by atoms with Crippen molar-refractivity contribution in [2.75, 3.05) is 31.1 Å². The van der Waals surface area contributed by atoms with E-state index in [4.69, 9.17) is 0 Å². The number of anilines is 1. The van der Waals surface area contributed by atoms with Gasteiger partial charge in [-0.25, -0.2) is 4.98 Å². The van der Waals surface area contributed by atoms with Gasteiger partial charge in [-0.2, -0.15) is 0 Å². The van der Waals surface area contributed by atoms with Crippen molar-refractivity contribution in [2.45, 2.75) is 26.7 Å². The summed E-state index contributed by atoms with van der Waals surface area (Å²) in [5.41, 5.74) is 1.25. The highest BCUT2D eigenvalue weighted by molar-refractivity contribution is 7.14. The maximum absolute atomic E-state index is 12.7. The lowest BCUT2D eigenvalue weighted by Gasteiger charge is -2.21. The molecule has 2 aromatic rings. The summed E-state index contributed by atoms with van der Waals surface area (Å²) in [6.07, 6.45) is 3.84. The lowest BCUT2D eigenvalue weighted by atomic mass is 10.2. The van der Waals surface area contributed by atoms with E-state index in [1.807, 2.05) is 16.5 Å². The van der Waals surface area contributed by atoms with Gasteiger partial charge in [0.15, 0.2) is 5.13 Å². The summed E-state index contributed by atoms with van der Waals surface area (Å²) in [4.78, 5) is 23.6. The van der Waals surface area contributed by atoms with Crippen LogP contribution in [0.5, 0.6) is 0 Å². The Hall–Kier alpha value is -1.40.